The topological polar surface area (TPSA) is 70.7 Å². The van der Waals surface area contributed by atoms with Crippen molar-refractivity contribution in [3.05, 3.63) is 58.6 Å². The maximum Gasteiger partial charge on any atom is 0.228 e. The van der Waals surface area contributed by atoms with E-state index in [0.29, 0.717) is 10.8 Å². The lowest BCUT2D eigenvalue weighted by Crippen LogP contribution is -2.30. The van der Waals surface area contributed by atoms with E-state index < -0.39 is 0 Å². The zero-order valence-electron chi connectivity index (χ0n) is 13.6. The Balaban J connectivity index is 1.72. The number of nitrogens with one attached hydrogen (secondary N) is 2. The number of hydrogen-bond acceptors (Lipinski definition) is 3. The van der Waals surface area contributed by atoms with Gasteiger partial charge in [0.2, 0.25) is 5.91 Å². The molecule has 2 N–H and O–H groups in total. The van der Waals surface area contributed by atoms with E-state index in [2.05, 4.69) is 20.3 Å². The summed E-state index contributed by atoms with van der Waals surface area (Å²) < 4.78 is 0. The predicted molar refractivity (Wildman–Crippen MR) is 95.0 cm³/mol. The van der Waals surface area contributed by atoms with Crippen LogP contribution in [0, 0.1) is 6.92 Å². The molecule has 0 aliphatic heterocycles. The number of hydrogen-bond donors (Lipinski definition) is 2. The van der Waals surface area contributed by atoms with Crippen LogP contribution in [0.4, 0.5) is 0 Å². The second-order valence-corrected chi connectivity index (χ2v) is 6.19. The summed E-state index contributed by atoms with van der Waals surface area (Å²) in [7, 11) is 0. The van der Waals surface area contributed by atoms with Crippen LogP contribution >= 0.6 is 11.6 Å². The van der Waals surface area contributed by atoms with Crippen molar-refractivity contribution in [2.75, 3.05) is 0 Å². The van der Waals surface area contributed by atoms with Crippen LogP contribution in [0.25, 0.3) is 11.0 Å². The first-order chi connectivity index (χ1) is 11.6. The molecule has 1 unspecified atom stereocenters. The molecule has 0 aliphatic rings. The van der Waals surface area contributed by atoms with Gasteiger partial charge in [-0.2, -0.15) is 0 Å². The third-order valence-corrected chi connectivity index (χ3v) is 4.18. The van der Waals surface area contributed by atoms with Gasteiger partial charge in [0, 0.05) is 11.2 Å². The van der Waals surface area contributed by atoms with E-state index in [4.69, 9.17) is 11.6 Å². The van der Waals surface area contributed by atoms with Crippen molar-refractivity contribution in [2.24, 2.45) is 0 Å². The molecule has 2 aromatic heterocycles. The van der Waals surface area contributed by atoms with Crippen molar-refractivity contribution in [1.82, 2.24) is 20.3 Å². The zero-order chi connectivity index (χ0) is 17.1. The summed E-state index contributed by atoms with van der Waals surface area (Å²) in [5.41, 5.74) is 3.61. The molecule has 3 rings (SSSR count). The normalized spacial score (nSPS) is 12.3. The Morgan fingerprint density at radius 3 is 2.96 bits per heavy atom. The number of carbonyl (C=O) groups excluding carboxylic acids is 1. The van der Waals surface area contributed by atoms with Crippen LogP contribution in [0.3, 0.4) is 0 Å². The van der Waals surface area contributed by atoms with Gasteiger partial charge in [-0.3, -0.25) is 9.78 Å². The average Bonchev–Trinajstić information content (AvgIpc) is 2.94. The van der Waals surface area contributed by atoms with E-state index in [-0.39, 0.29) is 18.4 Å². The minimum absolute atomic E-state index is 0.0861. The first-order valence-electron chi connectivity index (χ1n) is 7.92. The van der Waals surface area contributed by atoms with E-state index >= 15 is 0 Å². The van der Waals surface area contributed by atoms with Gasteiger partial charge >= 0.3 is 0 Å². The number of fused-ring (bicyclic) bond motifs is 1. The second-order valence-electron chi connectivity index (χ2n) is 5.76. The molecule has 2 heterocycles. The molecule has 124 valence electrons. The van der Waals surface area contributed by atoms with Gasteiger partial charge in [-0.25, -0.2) is 4.98 Å². The van der Waals surface area contributed by atoms with E-state index in [9.17, 15) is 4.79 Å². The number of amides is 1. The van der Waals surface area contributed by atoms with Gasteiger partial charge in [0.05, 0.1) is 29.2 Å². The Morgan fingerprint density at radius 2 is 2.21 bits per heavy atom. The van der Waals surface area contributed by atoms with Gasteiger partial charge in [0.15, 0.2) is 0 Å². The summed E-state index contributed by atoms with van der Waals surface area (Å²) in [6, 6.07) is 9.22. The number of benzene rings is 1. The largest absolute Gasteiger partial charge is 0.347 e. The minimum Gasteiger partial charge on any atom is -0.347 e. The molecule has 1 amide bonds. The number of aromatic amines is 1. The lowest BCUT2D eigenvalue weighted by molar-refractivity contribution is -0.121. The summed E-state index contributed by atoms with van der Waals surface area (Å²) in [4.78, 5) is 24.4. The molecule has 24 heavy (non-hydrogen) atoms. The molecule has 1 aromatic carbocycles. The fourth-order valence-corrected chi connectivity index (χ4v) is 2.91. The SMILES string of the molecule is CCC(NC(=O)Cc1nc2ccc(Cl)cc2[nH]1)c1ncccc1C. The molecule has 0 aliphatic carbocycles. The molecule has 0 saturated carbocycles. The molecule has 0 bridgehead atoms. The van der Waals surface area contributed by atoms with E-state index in [1.165, 1.54) is 0 Å². The van der Waals surface area contributed by atoms with Gasteiger partial charge in [0.1, 0.15) is 5.82 Å². The Bertz CT molecular complexity index is 874. The van der Waals surface area contributed by atoms with Crippen LogP contribution in [0.5, 0.6) is 0 Å². The average molecular weight is 343 g/mol. The van der Waals surface area contributed by atoms with Crippen molar-refractivity contribution in [1.29, 1.82) is 0 Å². The number of nitrogens with zero attached hydrogens (tertiary/aromatic N) is 2. The van der Waals surface area contributed by atoms with E-state index in [1.54, 1.807) is 18.3 Å². The third kappa shape index (κ3) is 3.57. The Kier molecular flexibility index (Phi) is 4.81. The molecular formula is C18H19ClN4O. The molecule has 0 spiro atoms. The summed E-state index contributed by atoms with van der Waals surface area (Å²) in [5.74, 6) is 0.536. The number of H-pyrrole nitrogens is 1. The summed E-state index contributed by atoms with van der Waals surface area (Å²) >= 11 is 5.97. The maximum atomic E-state index is 12.4. The molecule has 6 heteroatoms. The third-order valence-electron chi connectivity index (χ3n) is 3.94. The van der Waals surface area contributed by atoms with Gasteiger partial charge in [-0.15, -0.1) is 0 Å². The van der Waals surface area contributed by atoms with Gasteiger partial charge in [-0.1, -0.05) is 24.6 Å². The Morgan fingerprint density at radius 1 is 1.38 bits per heavy atom. The smallest absolute Gasteiger partial charge is 0.228 e. The van der Waals surface area contributed by atoms with Crippen molar-refractivity contribution in [2.45, 2.75) is 32.7 Å². The van der Waals surface area contributed by atoms with Crippen LogP contribution in [0.2, 0.25) is 5.02 Å². The lowest BCUT2D eigenvalue weighted by Gasteiger charge is -2.18. The highest BCUT2D eigenvalue weighted by molar-refractivity contribution is 6.31. The van der Waals surface area contributed by atoms with E-state index in [1.807, 2.05) is 32.0 Å². The van der Waals surface area contributed by atoms with Gasteiger partial charge in [0.25, 0.3) is 0 Å². The first-order valence-corrected chi connectivity index (χ1v) is 8.29. The fourth-order valence-electron chi connectivity index (χ4n) is 2.74. The Labute approximate surface area is 145 Å². The highest BCUT2D eigenvalue weighted by Gasteiger charge is 2.17. The van der Waals surface area contributed by atoms with Crippen LogP contribution in [0.15, 0.2) is 36.5 Å². The van der Waals surface area contributed by atoms with Crippen LogP contribution in [-0.4, -0.2) is 20.9 Å². The number of carbonyl (C=O) groups is 1. The first kappa shape index (κ1) is 16.5. The van der Waals surface area contributed by atoms with Crippen molar-refractivity contribution < 1.29 is 4.79 Å². The molecule has 3 aromatic rings. The van der Waals surface area contributed by atoms with E-state index in [0.717, 1.165) is 28.7 Å². The zero-order valence-corrected chi connectivity index (χ0v) is 14.4. The van der Waals surface area contributed by atoms with Crippen LogP contribution in [-0.2, 0) is 11.2 Å². The van der Waals surface area contributed by atoms with Gasteiger partial charge < -0.3 is 10.3 Å². The van der Waals surface area contributed by atoms with Crippen molar-refractivity contribution in [3.8, 4) is 0 Å². The summed E-state index contributed by atoms with van der Waals surface area (Å²) in [5, 5.41) is 3.68. The standard InChI is InChI=1S/C18H19ClN4O/c1-3-13(18-11(2)5-4-8-20-18)23-17(24)10-16-21-14-7-6-12(19)9-15(14)22-16/h4-9,13H,3,10H2,1-2H3,(H,21,22)(H,23,24). The molecule has 5 nitrogen and oxygen atoms in total. The van der Waals surface area contributed by atoms with Crippen molar-refractivity contribution >= 4 is 28.5 Å². The van der Waals surface area contributed by atoms with Crippen LogP contribution < -0.4 is 5.32 Å². The molecule has 0 saturated heterocycles. The Hall–Kier alpha value is -2.40. The fraction of sp³-hybridized carbons (Fsp3) is 0.278. The van der Waals surface area contributed by atoms with Crippen LogP contribution in [0.1, 0.15) is 36.5 Å². The minimum atomic E-state index is -0.0995. The number of imidazole rings is 1. The number of aromatic nitrogens is 3. The summed E-state index contributed by atoms with van der Waals surface area (Å²) in [6.07, 6.45) is 2.72. The quantitative estimate of drug-likeness (QED) is 0.742. The predicted octanol–water partition coefficient (Wildman–Crippen LogP) is 3.73. The second kappa shape index (κ2) is 7.01. The molecule has 0 fully saturated rings. The number of rotatable bonds is 5. The highest BCUT2D eigenvalue weighted by Crippen LogP contribution is 2.19. The van der Waals surface area contributed by atoms with Crippen molar-refractivity contribution in [3.63, 3.8) is 0 Å². The number of pyridine rings is 1. The summed E-state index contributed by atoms with van der Waals surface area (Å²) in [6.45, 7) is 4.03. The lowest BCUT2D eigenvalue weighted by atomic mass is 10.1. The molecular weight excluding hydrogens is 324 g/mol. The monoisotopic (exact) mass is 342 g/mol. The molecule has 1 atom stereocenters. The number of halogens is 1. The highest BCUT2D eigenvalue weighted by atomic mass is 35.5. The van der Waals surface area contributed by atoms with Gasteiger partial charge in [-0.05, 0) is 43.2 Å². The maximum absolute atomic E-state index is 12.4. The number of aryl methyl sites for hydroxylation is 1. The molecule has 0 radical (unpaired) electrons.